The molecule has 3 aromatic rings. The second-order valence-corrected chi connectivity index (χ2v) is 11.8. The van der Waals surface area contributed by atoms with E-state index in [1.165, 1.54) is 64.8 Å². The summed E-state index contributed by atoms with van der Waals surface area (Å²) in [7, 11) is 0. The summed E-state index contributed by atoms with van der Waals surface area (Å²) in [6.45, 7) is 11.2. The fourth-order valence-corrected chi connectivity index (χ4v) is 5.49. The van der Waals surface area contributed by atoms with Gasteiger partial charge in [0.1, 0.15) is 0 Å². The topological polar surface area (TPSA) is 0 Å². The largest absolute Gasteiger partial charge is 0.126 e. The molecule has 0 bridgehead atoms. The fourth-order valence-electron chi connectivity index (χ4n) is 4.62. The Bertz CT molecular complexity index is 1050. The van der Waals surface area contributed by atoms with E-state index in [2.05, 4.69) is 101 Å². The van der Waals surface area contributed by atoms with Crippen LogP contribution in [0.1, 0.15) is 73.1 Å². The summed E-state index contributed by atoms with van der Waals surface area (Å²) in [6.07, 6.45) is 14.3. The van der Waals surface area contributed by atoms with Crippen LogP contribution in [0.15, 0.2) is 71.8 Å². The zero-order valence-corrected chi connectivity index (χ0v) is 25.3. The molecular formula is C31H38Cl2Zr-2. The van der Waals surface area contributed by atoms with Gasteiger partial charge in [0.25, 0.3) is 0 Å². The Morgan fingerprint density at radius 2 is 1.38 bits per heavy atom. The molecule has 0 spiro atoms. The molecule has 0 amide bonds. The number of benzene rings is 2. The van der Waals surface area contributed by atoms with Crippen molar-refractivity contribution in [3.63, 3.8) is 0 Å². The molecule has 3 heteroatoms. The van der Waals surface area contributed by atoms with Gasteiger partial charge in [0.15, 0.2) is 0 Å². The minimum atomic E-state index is 0. The summed E-state index contributed by atoms with van der Waals surface area (Å²) < 4.78 is 1.80. The van der Waals surface area contributed by atoms with Crippen LogP contribution in [0.3, 0.4) is 0 Å². The standard InChI is InChI=1S/C13H9.C12H19.C6H10.2ClH.Zr/c1-3-7-12-10(5-1)9-11-6-2-4-8-13(11)12;1-6-10-7-9(2)8-11(10)12(3,4)5;1-2-4-6-5-3-1;;;/h1-9H;8-9H,6H2,1-5H3;1-5H2;2*1H;/q2*-1;;;;+2/p-2. The van der Waals surface area contributed by atoms with Crippen LogP contribution in [0.4, 0.5) is 0 Å². The van der Waals surface area contributed by atoms with Crippen molar-refractivity contribution in [2.24, 2.45) is 11.3 Å². The van der Waals surface area contributed by atoms with E-state index >= 15 is 0 Å². The van der Waals surface area contributed by atoms with Crippen LogP contribution < -0.4 is 24.8 Å². The van der Waals surface area contributed by atoms with Crippen LogP contribution in [-0.2, 0) is 24.2 Å². The van der Waals surface area contributed by atoms with E-state index in [0.717, 1.165) is 6.42 Å². The maximum atomic E-state index is 3.48. The van der Waals surface area contributed by atoms with E-state index < -0.39 is 0 Å². The van der Waals surface area contributed by atoms with E-state index in [9.17, 15) is 0 Å². The van der Waals surface area contributed by atoms with Crippen molar-refractivity contribution in [3.8, 4) is 0 Å². The summed E-state index contributed by atoms with van der Waals surface area (Å²) in [6, 6.07) is 19.3. The zero-order chi connectivity index (χ0) is 23.1. The smallest absolute Gasteiger partial charge is 0.0771 e. The molecule has 2 aliphatic rings. The molecule has 0 saturated heterocycles. The number of allylic oxidation sites excluding steroid dienone is 4. The van der Waals surface area contributed by atoms with Gasteiger partial charge in [0.2, 0.25) is 0 Å². The van der Waals surface area contributed by atoms with Gasteiger partial charge < -0.3 is 24.8 Å². The molecule has 0 nitrogen and oxygen atoms in total. The maximum Gasteiger partial charge on any atom is -0.0771 e. The van der Waals surface area contributed by atoms with Crippen molar-refractivity contribution in [2.45, 2.75) is 73.1 Å². The Morgan fingerprint density at radius 1 is 0.882 bits per heavy atom. The molecule has 1 fully saturated rings. The summed E-state index contributed by atoms with van der Waals surface area (Å²) in [5, 5.41) is 5.39. The molecule has 1 unspecified atom stereocenters. The molecule has 0 radical (unpaired) electrons. The molecule has 182 valence electrons. The summed E-state index contributed by atoms with van der Waals surface area (Å²) in [5.74, 6) is 0.522. The molecule has 1 saturated carbocycles. The van der Waals surface area contributed by atoms with E-state index in [0.29, 0.717) is 11.3 Å². The Hall–Kier alpha value is -0.877. The van der Waals surface area contributed by atoms with Gasteiger partial charge in [0.05, 0.1) is 0 Å². The maximum absolute atomic E-state index is 3.48. The van der Waals surface area contributed by atoms with Crippen LogP contribution in [-0.4, -0.2) is 3.21 Å². The van der Waals surface area contributed by atoms with Gasteiger partial charge in [-0.15, -0.1) is 39.7 Å². The number of hydrogen-bond donors (Lipinski definition) is 0. The first-order valence-electron chi connectivity index (χ1n) is 12.2. The zero-order valence-electron chi connectivity index (χ0n) is 21.3. The first-order chi connectivity index (χ1) is 15.3. The van der Waals surface area contributed by atoms with Crippen LogP contribution in [0.5, 0.6) is 0 Å². The Morgan fingerprint density at radius 3 is 1.76 bits per heavy atom. The summed E-state index contributed by atoms with van der Waals surface area (Å²) >= 11 is 1.69. The SMILES string of the molecule is CCC1=[C-]C(C)C=C1C(C)(C)C.[Cl-].[Cl-].[Zr+2]=[C]1CCCCC1.c1ccc2c(c1)[cH-]c1ccccc12. The van der Waals surface area contributed by atoms with Gasteiger partial charge in [-0.3, -0.25) is 6.08 Å². The van der Waals surface area contributed by atoms with Crippen molar-refractivity contribution in [1.29, 1.82) is 0 Å². The molecule has 5 rings (SSSR count). The Balaban J connectivity index is 0.000000258. The molecule has 1 atom stereocenters. The van der Waals surface area contributed by atoms with Crippen LogP contribution in [0.25, 0.3) is 21.5 Å². The third-order valence-corrected chi connectivity index (χ3v) is 7.51. The molecular weight excluding hydrogens is 534 g/mol. The van der Waals surface area contributed by atoms with Crippen LogP contribution in [0.2, 0.25) is 0 Å². The van der Waals surface area contributed by atoms with Gasteiger partial charge in [-0.05, 0) is 0 Å². The molecule has 34 heavy (non-hydrogen) atoms. The third-order valence-electron chi connectivity index (χ3n) is 6.29. The van der Waals surface area contributed by atoms with Crippen LogP contribution in [0, 0.1) is 17.4 Å². The first kappa shape index (κ1) is 31.2. The van der Waals surface area contributed by atoms with E-state index in [4.69, 9.17) is 0 Å². The third kappa shape index (κ3) is 8.65. The number of halogens is 2. The number of hydrogen-bond acceptors (Lipinski definition) is 0. The average molecular weight is 573 g/mol. The van der Waals surface area contributed by atoms with Crippen molar-refractivity contribution >= 4 is 24.8 Å². The first-order valence-corrected chi connectivity index (χ1v) is 13.5. The van der Waals surface area contributed by atoms with Crippen LogP contribution >= 0.6 is 0 Å². The summed E-state index contributed by atoms with van der Waals surface area (Å²) in [5.41, 5.74) is 3.22. The van der Waals surface area contributed by atoms with Crippen molar-refractivity contribution in [1.82, 2.24) is 0 Å². The Kier molecular flexibility index (Phi) is 13.4. The second-order valence-electron chi connectivity index (χ2n) is 10.1. The van der Waals surface area contributed by atoms with Crippen molar-refractivity contribution in [2.75, 3.05) is 0 Å². The second kappa shape index (κ2) is 14.6. The number of rotatable bonds is 1. The number of fused-ring (bicyclic) bond motifs is 3. The van der Waals surface area contributed by atoms with E-state index in [-0.39, 0.29) is 24.8 Å². The molecule has 0 N–H and O–H groups in total. The van der Waals surface area contributed by atoms with E-state index in [1.54, 1.807) is 27.4 Å². The minimum absolute atomic E-state index is 0. The predicted molar refractivity (Wildman–Crippen MR) is 139 cm³/mol. The quantitative estimate of drug-likeness (QED) is 0.394. The molecule has 0 heterocycles. The normalized spacial score (nSPS) is 17.4. The average Bonchev–Trinajstić information content (AvgIpc) is 3.35. The van der Waals surface area contributed by atoms with E-state index in [1.807, 2.05) is 0 Å². The van der Waals surface area contributed by atoms with Gasteiger partial charge in [-0.25, -0.2) is 5.57 Å². The monoisotopic (exact) mass is 570 g/mol. The Labute approximate surface area is 234 Å². The minimum Gasteiger partial charge on any atom is -0.126 e. The molecule has 0 aromatic heterocycles. The van der Waals surface area contributed by atoms with Crippen molar-refractivity contribution < 1.29 is 49.0 Å². The van der Waals surface area contributed by atoms with Gasteiger partial charge in [-0.2, -0.15) is 11.6 Å². The summed E-state index contributed by atoms with van der Waals surface area (Å²) in [4.78, 5) is 0. The van der Waals surface area contributed by atoms with Gasteiger partial charge in [0, 0.05) is 0 Å². The molecule has 2 aliphatic carbocycles. The van der Waals surface area contributed by atoms with Crippen molar-refractivity contribution in [3.05, 3.63) is 77.9 Å². The van der Waals surface area contributed by atoms with Gasteiger partial charge in [-0.1, -0.05) is 88.8 Å². The fraction of sp³-hybridized carbons (Fsp3) is 0.419. The molecule has 0 aliphatic heterocycles. The van der Waals surface area contributed by atoms with Gasteiger partial charge >= 0.3 is 59.5 Å². The molecule has 3 aromatic carbocycles. The predicted octanol–water partition coefficient (Wildman–Crippen LogP) is 3.14.